The van der Waals surface area contributed by atoms with Crippen LogP contribution in [-0.2, 0) is 16.8 Å². The number of aromatic nitrogens is 2. The van der Waals surface area contributed by atoms with Crippen LogP contribution in [0.1, 0.15) is 43.6 Å². The lowest BCUT2D eigenvalue weighted by molar-refractivity contribution is 0.0161. The lowest BCUT2D eigenvalue weighted by atomic mass is 10.0. The van der Waals surface area contributed by atoms with Gasteiger partial charge in [-0.2, -0.15) is 0 Å². The van der Waals surface area contributed by atoms with Gasteiger partial charge in [-0.05, 0) is 32.2 Å². The predicted octanol–water partition coefficient (Wildman–Crippen LogP) is 2.35. The fourth-order valence-electron chi connectivity index (χ4n) is 2.10. The summed E-state index contributed by atoms with van der Waals surface area (Å²) in [6.07, 6.45) is 3.15. The summed E-state index contributed by atoms with van der Waals surface area (Å²) < 4.78 is 5.79. The first kappa shape index (κ1) is 13.9. The van der Waals surface area contributed by atoms with Gasteiger partial charge in [0.25, 0.3) is 0 Å². The minimum atomic E-state index is -0.179. The Bertz CT molecular complexity index is 372. The van der Waals surface area contributed by atoms with Gasteiger partial charge in [-0.15, -0.1) is 10.2 Å². The molecule has 4 nitrogen and oxygen atoms in total. The molecular weight excluding hydrogens is 246 g/mol. The van der Waals surface area contributed by atoms with E-state index in [-0.39, 0.29) is 5.60 Å². The van der Waals surface area contributed by atoms with Crippen LogP contribution in [0.5, 0.6) is 0 Å². The van der Waals surface area contributed by atoms with E-state index in [0.717, 1.165) is 49.0 Å². The number of nitrogens with one attached hydrogen (secondary N) is 1. The molecule has 1 N–H and O–H groups in total. The summed E-state index contributed by atoms with van der Waals surface area (Å²) in [5.74, 6) is 0.695. The van der Waals surface area contributed by atoms with Gasteiger partial charge in [0.15, 0.2) is 0 Å². The summed E-state index contributed by atoms with van der Waals surface area (Å²) in [6, 6.07) is 0. The van der Waals surface area contributed by atoms with Gasteiger partial charge < -0.3 is 10.1 Å². The van der Waals surface area contributed by atoms with Gasteiger partial charge in [0.2, 0.25) is 0 Å². The average molecular weight is 269 g/mol. The molecule has 0 spiro atoms. The van der Waals surface area contributed by atoms with Crippen molar-refractivity contribution in [1.29, 1.82) is 0 Å². The first-order valence-electron chi connectivity index (χ1n) is 6.78. The lowest BCUT2D eigenvalue weighted by Gasteiger charge is -2.18. The summed E-state index contributed by atoms with van der Waals surface area (Å²) in [4.78, 5) is 0. The highest BCUT2D eigenvalue weighted by Crippen LogP contribution is 2.36. The lowest BCUT2D eigenvalue weighted by Crippen LogP contribution is -2.22. The van der Waals surface area contributed by atoms with Crippen molar-refractivity contribution in [3.05, 3.63) is 10.0 Å². The maximum absolute atomic E-state index is 5.79. The van der Waals surface area contributed by atoms with E-state index in [0.29, 0.717) is 5.92 Å². The van der Waals surface area contributed by atoms with E-state index in [4.69, 9.17) is 4.74 Å². The number of hydrogen-bond acceptors (Lipinski definition) is 5. The van der Waals surface area contributed by atoms with Crippen LogP contribution in [0.3, 0.4) is 0 Å². The van der Waals surface area contributed by atoms with Gasteiger partial charge in [0.1, 0.15) is 15.6 Å². The molecular formula is C13H23N3OS. The van der Waals surface area contributed by atoms with E-state index < -0.39 is 0 Å². The highest BCUT2D eigenvalue weighted by Gasteiger charge is 2.35. The van der Waals surface area contributed by atoms with E-state index in [1.165, 1.54) is 0 Å². The summed E-state index contributed by atoms with van der Waals surface area (Å²) in [6.45, 7) is 9.45. The van der Waals surface area contributed by atoms with Crippen LogP contribution in [0.15, 0.2) is 0 Å². The Morgan fingerprint density at radius 1 is 1.44 bits per heavy atom. The summed E-state index contributed by atoms with van der Waals surface area (Å²) in [7, 11) is 0. The zero-order valence-electron chi connectivity index (χ0n) is 11.5. The standard InChI is InChI=1S/C13H23N3OS/c1-10(2)9-14-7-5-11-15-16-12(18-11)13(3)6-4-8-17-13/h10,14H,4-9H2,1-3H3. The molecule has 1 aromatic heterocycles. The van der Waals surface area contributed by atoms with Crippen molar-refractivity contribution in [1.82, 2.24) is 15.5 Å². The first-order valence-corrected chi connectivity index (χ1v) is 7.59. The van der Waals surface area contributed by atoms with Crippen LogP contribution >= 0.6 is 11.3 Å². The van der Waals surface area contributed by atoms with Crippen molar-refractivity contribution in [2.45, 2.75) is 45.6 Å². The topological polar surface area (TPSA) is 47.0 Å². The molecule has 1 fully saturated rings. The molecule has 0 bridgehead atoms. The molecule has 102 valence electrons. The SMILES string of the molecule is CC(C)CNCCc1nnc(C2(C)CCCO2)s1. The molecule has 1 aliphatic heterocycles. The maximum atomic E-state index is 5.79. The van der Waals surface area contributed by atoms with E-state index in [2.05, 4.69) is 36.3 Å². The van der Waals surface area contributed by atoms with Crippen molar-refractivity contribution in [3.8, 4) is 0 Å². The van der Waals surface area contributed by atoms with E-state index in [1.54, 1.807) is 11.3 Å². The molecule has 0 radical (unpaired) electrons. The van der Waals surface area contributed by atoms with Gasteiger partial charge in [0.05, 0.1) is 0 Å². The monoisotopic (exact) mass is 269 g/mol. The van der Waals surface area contributed by atoms with Gasteiger partial charge in [0, 0.05) is 19.6 Å². The van der Waals surface area contributed by atoms with Crippen LogP contribution in [-0.4, -0.2) is 29.9 Å². The van der Waals surface area contributed by atoms with E-state index >= 15 is 0 Å². The van der Waals surface area contributed by atoms with Crippen LogP contribution in [0, 0.1) is 5.92 Å². The third-order valence-corrected chi connectivity index (χ3v) is 4.43. The average Bonchev–Trinajstić information content (AvgIpc) is 2.94. The molecule has 0 aromatic carbocycles. The molecule has 5 heteroatoms. The minimum absolute atomic E-state index is 0.179. The highest BCUT2D eigenvalue weighted by atomic mass is 32.1. The third-order valence-electron chi connectivity index (χ3n) is 3.21. The van der Waals surface area contributed by atoms with Crippen molar-refractivity contribution in [2.24, 2.45) is 5.92 Å². The van der Waals surface area contributed by atoms with Crippen LogP contribution in [0.25, 0.3) is 0 Å². The minimum Gasteiger partial charge on any atom is -0.368 e. The Hall–Kier alpha value is -0.520. The molecule has 2 heterocycles. The van der Waals surface area contributed by atoms with Crippen molar-refractivity contribution in [2.75, 3.05) is 19.7 Å². The second kappa shape index (κ2) is 6.08. The van der Waals surface area contributed by atoms with Crippen molar-refractivity contribution < 1.29 is 4.74 Å². The van der Waals surface area contributed by atoms with Crippen LogP contribution in [0.4, 0.5) is 0 Å². The zero-order valence-corrected chi connectivity index (χ0v) is 12.3. The smallest absolute Gasteiger partial charge is 0.149 e. The predicted molar refractivity (Wildman–Crippen MR) is 73.9 cm³/mol. The molecule has 1 aromatic rings. The quantitative estimate of drug-likeness (QED) is 0.805. The molecule has 1 saturated heterocycles. The summed E-state index contributed by atoms with van der Waals surface area (Å²) >= 11 is 1.70. The van der Waals surface area contributed by atoms with Crippen molar-refractivity contribution >= 4 is 11.3 Å². The molecule has 18 heavy (non-hydrogen) atoms. The van der Waals surface area contributed by atoms with Gasteiger partial charge in [-0.1, -0.05) is 25.2 Å². The molecule has 0 aliphatic carbocycles. The Balaban J connectivity index is 1.83. The molecule has 1 aliphatic rings. The highest BCUT2D eigenvalue weighted by molar-refractivity contribution is 7.11. The molecule has 2 rings (SSSR count). The zero-order chi connectivity index (χ0) is 13.0. The Morgan fingerprint density at radius 3 is 2.94 bits per heavy atom. The number of rotatable bonds is 6. The number of hydrogen-bond donors (Lipinski definition) is 1. The molecule has 1 unspecified atom stereocenters. The normalized spacial score (nSPS) is 24.0. The fourth-order valence-corrected chi connectivity index (χ4v) is 3.07. The van der Waals surface area contributed by atoms with E-state index in [9.17, 15) is 0 Å². The Kier molecular flexibility index (Phi) is 4.70. The Morgan fingerprint density at radius 2 is 2.28 bits per heavy atom. The molecule has 0 amide bonds. The fraction of sp³-hybridized carbons (Fsp3) is 0.846. The molecule has 0 saturated carbocycles. The molecule has 1 atom stereocenters. The first-order chi connectivity index (χ1) is 8.60. The summed E-state index contributed by atoms with van der Waals surface area (Å²) in [5, 5.41) is 14.1. The maximum Gasteiger partial charge on any atom is 0.149 e. The van der Waals surface area contributed by atoms with Crippen LogP contribution < -0.4 is 5.32 Å². The van der Waals surface area contributed by atoms with E-state index in [1.807, 2.05) is 0 Å². The number of nitrogens with zero attached hydrogens (tertiary/aromatic N) is 2. The van der Waals surface area contributed by atoms with Crippen molar-refractivity contribution in [3.63, 3.8) is 0 Å². The summed E-state index contributed by atoms with van der Waals surface area (Å²) in [5.41, 5.74) is -0.179. The Labute approximate surface area is 113 Å². The van der Waals surface area contributed by atoms with Gasteiger partial charge in [-0.25, -0.2) is 0 Å². The van der Waals surface area contributed by atoms with Crippen LogP contribution in [0.2, 0.25) is 0 Å². The third kappa shape index (κ3) is 3.49. The van der Waals surface area contributed by atoms with Gasteiger partial charge in [-0.3, -0.25) is 0 Å². The second-order valence-electron chi connectivity index (χ2n) is 5.53. The second-order valence-corrected chi connectivity index (χ2v) is 6.59. The van der Waals surface area contributed by atoms with Gasteiger partial charge >= 0.3 is 0 Å². The largest absolute Gasteiger partial charge is 0.368 e. The number of ether oxygens (including phenoxy) is 1.